The van der Waals surface area contributed by atoms with Gasteiger partial charge in [0.2, 0.25) is 9.84 Å². The lowest BCUT2D eigenvalue weighted by molar-refractivity contribution is -0.143. The molecule has 0 aliphatic carbocycles. The van der Waals surface area contributed by atoms with Gasteiger partial charge in [-0.1, -0.05) is 0 Å². The first-order valence-corrected chi connectivity index (χ1v) is 6.71. The predicted molar refractivity (Wildman–Crippen MR) is 58.2 cm³/mol. The van der Waals surface area contributed by atoms with E-state index in [1.165, 1.54) is 0 Å². The van der Waals surface area contributed by atoms with E-state index in [1.807, 2.05) is 0 Å². The molecule has 110 valence electrons. The van der Waals surface area contributed by atoms with Crippen molar-refractivity contribution in [1.82, 2.24) is 0 Å². The van der Waals surface area contributed by atoms with Crippen LogP contribution in [0.5, 0.6) is 0 Å². The summed E-state index contributed by atoms with van der Waals surface area (Å²) in [5, 5.41) is 1.55. The minimum absolute atomic E-state index is 0.105. The van der Waals surface area contributed by atoms with Crippen LogP contribution >= 0.6 is 0 Å². The van der Waals surface area contributed by atoms with E-state index in [1.54, 1.807) is 11.2 Å². The predicted octanol–water partition coefficient (Wildman–Crippen LogP) is 3.08. The molecule has 0 spiro atoms. The van der Waals surface area contributed by atoms with Gasteiger partial charge in [0, 0.05) is 10.8 Å². The summed E-state index contributed by atoms with van der Waals surface area (Å²) >= 11 is 0. The molecule has 0 bridgehead atoms. The van der Waals surface area contributed by atoms with Gasteiger partial charge in [-0.2, -0.15) is 26.3 Å². The van der Waals surface area contributed by atoms with Crippen molar-refractivity contribution in [1.29, 1.82) is 0 Å². The second-order valence-electron chi connectivity index (χ2n) is 3.76. The van der Waals surface area contributed by atoms with Crippen molar-refractivity contribution in [2.24, 2.45) is 0 Å². The Bertz CT molecular complexity index is 674. The summed E-state index contributed by atoms with van der Waals surface area (Å²) in [5.74, 6) is 1.71. The molecule has 0 N–H and O–H groups in total. The Hall–Kier alpha value is -1.69. The second kappa shape index (κ2) is 5.01. The lowest BCUT2D eigenvalue weighted by Crippen LogP contribution is -2.12. The molecule has 0 aromatic heterocycles. The number of sulfone groups is 1. The first kappa shape index (κ1) is 16.4. The molecule has 0 radical (unpaired) electrons. The molecule has 0 heterocycles. The zero-order chi connectivity index (χ0) is 15.8. The number of halogens is 6. The Morgan fingerprint density at radius 1 is 1.00 bits per heavy atom. The van der Waals surface area contributed by atoms with Gasteiger partial charge in [0.25, 0.3) is 0 Å². The van der Waals surface area contributed by atoms with Crippen molar-refractivity contribution in [3.05, 3.63) is 34.9 Å². The van der Waals surface area contributed by atoms with Crippen molar-refractivity contribution >= 4 is 9.84 Å². The topological polar surface area (TPSA) is 34.1 Å². The van der Waals surface area contributed by atoms with E-state index in [0.29, 0.717) is 18.4 Å². The highest BCUT2D eigenvalue weighted by molar-refractivity contribution is 7.95. The van der Waals surface area contributed by atoms with Crippen molar-refractivity contribution in [3.8, 4) is 11.2 Å². The smallest absolute Gasteiger partial charge is 0.216 e. The maximum atomic E-state index is 12.7. The standard InChI is InChI=1S/C11H6F6O2S/c1-20(18,19)5-4-7-2-3-8(10(12,13)14)6-9(7)11(15,16)17/h2-3,6H,1H3. The fraction of sp³-hybridized carbons (Fsp3) is 0.273. The fourth-order valence-electron chi connectivity index (χ4n) is 1.21. The van der Waals surface area contributed by atoms with E-state index >= 15 is 0 Å². The largest absolute Gasteiger partial charge is 0.417 e. The lowest BCUT2D eigenvalue weighted by Gasteiger charge is -2.13. The Morgan fingerprint density at radius 3 is 1.95 bits per heavy atom. The highest BCUT2D eigenvalue weighted by Gasteiger charge is 2.37. The van der Waals surface area contributed by atoms with Crippen LogP contribution in [-0.2, 0) is 22.2 Å². The molecule has 0 unspecified atom stereocenters. The molecule has 0 aliphatic heterocycles. The van der Waals surface area contributed by atoms with Crippen molar-refractivity contribution < 1.29 is 34.8 Å². The molecular formula is C11H6F6O2S. The molecule has 1 rings (SSSR count). The van der Waals surface area contributed by atoms with Crippen LogP contribution in [0.2, 0.25) is 0 Å². The van der Waals surface area contributed by atoms with Gasteiger partial charge in [-0.25, -0.2) is 8.42 Å². The Morgan fingerprint density at radius 2 is 1.55 bits per heavy atom. The SMILES string of the molecule is CS(=O)(=O)C#Cc1ccc(C(F)(F)F)cc1C(F)(F)F. The van der Waals surface area contributed by atoms with E-state index < -0.39 is 38.9 Å². The number of rotatable bonds is 0. The van der Waals surface area contributed by atoms with Gasteiger partial charge in [0.1, 0.15) is 0 Å². The third-order valence-electron chi connectivity index (χ3n) is 2.02. The van der Waals surface area contributed by atoms with Crippen LogP contribution < -0.4 is 0 Å². The molecule has 0 amide bonds. The minimum Gasteiger partial charge on any atom is -0.216 e. The van der Waals surface area contributed by atoms with Crippen LogP contribution in [0.25, 0.3) is 0 Å². The fourth-order valence-corrected chi connectivity index (χ4v) is 1.51. The monoisotopic (exact) mass is 316 g/mol. The Labute approximate surface area is 110 Å². The average molecular weight is 316 g/mol. The molecule has 0 aliphatic rings. The van der Waals surface area contributed by atoms with Gasteiger partial charge >= 0.3 is 12.4 Å². The van der Waals surface area contributed by atoms with Crippen LogP contribution in [0.1, 0.15) is 16.7 Å². The number of benzene rings is 1. The summed E-state index contributed by atoms with van der Waals surface area (Å²) in [6.45, 7) is 0. The first-order chi connectivity index (χ1) is 8.81. The van der Waals surface area contributed by atoms with E-state index in [9.17, 15) is 34.8 Å². The van der Waals surface area contributed by atoms with Crippen LogP contribution in [0.3, 0.4) is 0 Å². The maximum absolute atomic E-state index is 12.7. The second-order valence-corrected chi connectivity index (χ2v) is 5.50. The Balaban J connectivity index is 3.50. The molecule has 0 saturated carbocycles. The van der Waals surface area contributed by atoms with E-state index in [0.717, 1.165) is 0 Å². The number of alkyl halides is 6. The van der Waals surface area contributed by atoms with Gasteiger partial charge in [0.05, 0.1) is 17.4 Å². The molecule has 1 aromatic carbocycles. The van der Waals surface area contributed by atoms with E-state index in [4.69, 9.17) is 0 Å². The third-order valence-corrected chi connectivity index (χ3v) is 2.50. The number of hydrogen-bond donors (Lipinski definition) is 0. The van der Waals surface area contributed by atoms with E-state index in [-0.39, 0.29) is 6.07 Å². The Kier molecular flexibility index (Phi) is 4.10. The molecule has 1 aromatic rings. The first-order valence-electron chi connectivity index (χ1n) is 4.82. The molecular weight excluding hydrogens is 310 g/mol. The van der Waals surface area contributed by atoms with Crippen molar-refractivity contribution in [2.45, 2.75) is 12.4 Å². The van der Waals surface area contributed by atoms with Crippen LogP contribution in [-0.4, -0.2) is 14.7 Å². The molecule has 9 heteroatoms. The summed E-state index contributed by atoms with van der Waals surface area (Å²) < 4.78 is 96.6. The summed E-state index contributed by atoms with van der Waals surface area (Å²) in [6, 6.07) is 0.789. The van der Waals surface area contributed by atoms with Gasteiger partial charge in [-0.05, 0) is 24.1 Å². The molecule has 2 nitrogen and oxygen atoms in total. The number of hydrogen-bond acceptors (Lipinski definition) is 2. The van der Waals surface area contributed by atoms with Crippen LogP contribution in [0.15, 0.2) is 18.2 Å². The summed E-state index contributed by atoms with van der Waals surface area (Å²) in [7, 11) is -3.87. The van der Waals surface area contributed by atoms with Crippen LogP contribution in [0.4, 0.5) is 26.3 Å². The minimum atomic E-state index is -5.08. The molecule has 0 saturated heterocycles. The zero-order valence-electron chi connectivity index (χ0n) is 9.72. The van der Waals surface area contributed by atoms with Gasteiger partial charge in [0.15, 0.2) is 0 Å². The third kappa shape index (κ3) is 4.45. The quantitative estimate of drug-likeness (QED) is 0.544. The van der Waals surface area contributed by atoms with Gasteiger partial charge < -0.3 is 0 Å². The molecule has 0 fully saturated rings. The van der Waals surface area contributed by atoms with Gasteiger partial charge in [-0.15, -0.1) is 0 Å². The van der Waals surface area contributed by atoms with Gasteiger partial charge in [-0.3, -0.25) is 0 Å². The summed E-state index contributed by atoms with van der Waals surface area (Å²) in [5.41, 5.74) is -3.96. The zero-order valence-corrected chi connectivity index (χ0v) is 10.5. The normalized spacial score (nSPS) is 12.8. The van der Waals surface area contributed by atoms with Crippen LogP contribution in [0, 0.1) is 11.2 Å². The highest BCUT2D eigenvalue weighted by atomic mass is 32.2. The highest BCUT2D eigenvalue weighted by Crippen LogP contribution is 2.37. The van der Waals surface area contributed by atoms with E-state index in [2.05, 4.69) is 0 Å². The maximum Gasteiger partial charge on any atom is 0.417 e. The molecule has 20 heavy (non-hydrogen) atoms. The average Bonchev–Trinajstić information content (AvgIpc) is 2.22. The van der Waals surface area contributed by atoms with Crippen molar-refractivity contribution in [3.63, 3.8) is 0 Å². The lowest BCUT2D eigenvalue weighted by atomic mass is 10.0. The summed E-state index contributed by atoms with van der Waals surface area (Å²) in [6.07, 6.45) is -9.36. The molecule has 0 atom stereocenters. The van der Waals surface area contributed by atoms with Crippen molar-refractivity contribution in [2.75, 3.05) is 6.26 Å². The summed E-state index contributed by atoms with van der Waals surface area (Å²) in [4.78, 5) is 0.